The Bertz CT molecular complexity index is 522. The third-order valence-electron chi connectivity index (χ3n) is 2.64. The summed E-state index contributed by atoms with van der Waals surface area (Å²) in [6, 6.07) is 4.23. The molecule has 0 saturated carbocycles. The fourth-order valence-electron chi connectivity index (χ4n) is 1.52. The molecule has 1 N–H and O–H groups in total. The molecule has 0 saturated heterocycles. The van der Waals surface area contributed by atoms with Crippen LogP contribution >= 0.6 is 11.8 Å². The van der Waals surface area contributed by atoms with Crippen molar-refractivity contribution in [2.75, 3.05) is 32.2 Å². The van der Waals surface area contributed by atoms with E-state index in [0.29, 0.717) is 18.5 Å². The van der Waals surface area contributed by atoms with Gasteiger partial charge in [0.05, 0.1) is 12.2 Å². The number of carbonyl (C=O) groups is 1. The van der Waals surface area contributed by atoms with Crippen molar-refractivity contribution in [3.8, 4) is 11.8 Å². The highest BCUT2D eigenvalue weighted by molar-refractivity contribution is 7.98. The summed E-state index contributed by atoms with van der Waals surface area (Å²) in [4.78, 5) is 13.6. The number of carbonyl (C=O) groups excluding carboxylic acids is 1. The zero-order valence-electron chi connectivity index (χ0n) is 11.6. The molecule has 5 heteroatoms. The Morgan fingerprint density at radius 3 is 2.90 bits per heavy atom. The molecule has 0 radical (unpaired) electrons. The fraction of sp³-hybridized carbons (Fsp3) is 0.400. The Morgan fingerprint density at radius 1 is 1.50 bits per heavy atom. The van der Waals surface area contributed by atoms with Crippen LogP contribution in [0.25, 0.3) is 0 Å². The standard InChI is InChI=1S/C15H18FNO2S/c1-17(8-10-20-2)15(19)13-11-12(5-3-4-9-18)6-7-14(13)16/h6-7,11,18H,4,8-10H2,1-2H3. The summed E-state index contributed by atoms with van der Waals surface area (Å²) in [6.07, 6.45) is 2.31. The first-order valence-electron chi connectivity index (χ1n) is 6.23. The fourth-order valence-corrected chi connectivity index (χ4v) is 1.98. The SMILES string of the molecule is CSCCN(C)C(=O)c1cc(C#CCCO)ccc1F. The van der Waals surface area contributed by atoms with Gasteiger partial charge in [0, 0.05) is 31.3 Å². The second-order valence-electron chi connectivity index (χ2n) is 4.19. The molecule has 0 bridgehead atoms. The van der Waals surface area contributed by atoms with Crippen LogP contribution in [0.2, 0.25) is 0 Å². The maximum atomic E-state index is 13.8. The van der Waals surface area contributed by atoms with Gasteiger partial charge in [0.15, 0.2) is 0 Å². The zero-order valence-corrected chi connectivity index (χ0v) is 12.5. The van der Waals surface area contributed by atoms with E-state index >= 15 is 0 Å². The molecule has 0 unspecified atom stereocenters. The smallest absolute Gasteiger partial charge is 0.256 e. The van der Waals surface area contributed by atoms with Crippen molar-refractivity contribution in [3.63, 3.8) is 0 Å². The summed E-state index contributed by atoms with van der Waals surface area (Å²) in [5, 5.41) is 8.66. The second-order valence-corrected chi connectivity index (χ2v) is 5.18. The van der Waals surface area contributed by atoms with Crippen LogP contribution in [0.4, 0.5) is 4.39 Å². The third kappa shape index (κ3) is 4.87. The first kappa shape index (κ1) is 16.5. The second kappa shape index (κ2) is 8.62. The summed E-state index contributed by atoms with van der Waals surface area (Å²) in [5.74, 6) is 5.47. The van der Waals surface area contributed by atoms with Crippen LogP contribution in [0.3, 0.4) is 0 Å². The van der Waals surface area contributed by atoms with Crippen LogP contribution in [0.1, 0.15) is 22.3 Å². The lowest BCUT2D eigenvalue weighted by molar-refractivity contribution is 0.0799. The minimum atomic E-state index is -0.543. The molecule has 0 spiro atoms. The van der Waals surface area contributed by atoms with E-state index in [2.05, 4.69) is 11.8 Å². The van der Waals surface area contributed by atoms with Gasteiger partial charge in [0.25, 0.3) is 5.91 Å². The van der Waals surface area contributed by atoms with E-state index in [1.807, 2.05) is 6.26 Å². The van der Waals surface area contributed by atoms with Gasteiger partial charge in [-0.05, 0) is 24.5 Å². The summed E-state index contributed by atoms with van der Waals surface area (Å²) in [6.45, 7) is 0.553. The number of nitrogens with zero attached hydrogens (tertiary/aromatic N) is 1. The van der Waals surface area contributed by atoms with Gasteiger partial charge in [0.1, 0.15) is 5.82 Å². The minimum Gasteiger partial charge on any atom is -0.395 e. The van der Waals surface area contributed by atoms with Crippen LogP contribution in [0.5, 0.6) is 0 Å². The van der Waals surface area contributed by atoms with Crippen LogP contribution in [-0.4, -0.2) is 48.1 Å². The number of hydrogen-bond acceptors (Lipinski definition) is 3. The number of hydrogen-bond donors (Lipinski definition) is 1. The highest BCUT2D eigenvalue weighted by Gasteiger charge is 2.16. The lowest BCUT2D eigenvalue weighted by Crippen LogP contribution is -2.29. The molecule has 0 aliphatic carbocycles. The van der Waals surface area contributed by atoms with Gasteiger partial charge in [-0.15, -0.1) is 0 Å². The van der Waals surface area contributed by atoms with Gasteiger partial charge in [-0.2, -0.15) is 11.8 Å². The highest BCUT2D eigenvalue weighted by atomic mass is 32.2. The molecule has 0 atom stereocenters. The summed E-state index contributed by atoms with van der Waals surface area (Å²) >= 11 is 1.63. The molecular formula is C15H18FNO2S. The number of thioether (sulfide) groups is 1. The molecule has 108 valence electrons. The number of aliphatic hydroxyl groups excluding tert-OH is 1. The number of benzene rings is 1. The van der Waals surface area contributed by atoms with Crippen molar-refractivity contribution >= 4 is 17.7 Å². The first-order valence-corrected chi connectivity index (χ1v) is 7.63. The third-order valence-corrected chi connectivity index (χ3v) is 3.23. The predicted molar refractivity (Wildman–Crippen MR) is 80.3 cm³/mol. The minimum absolute atomic E-state index is 0.0165. The van der Waals surface area contributed by atoms with Crippen LogP contribution in [0.15, 0.2) is 18.2 Å². The molecule has 0 fully saturated rings. The molecule has 20 heavy (non-hydrogen) atoms. The largest absolute Gasteiger partial charge is 0.395 e. The summed E-state index contributed by atoms with van der Waals surface area (Å²) < 4.78 is 13.8. The van der Waals surface area contributed by atoms with Crippen molar-refractivity contribution in [3.05, 3.63) is 35.1 Å². The van der Waals surface area contributed by atoms with Gasteiger partial charge < -0.3 is 10.0 Å². The van der Waals surface area contributed by atoms with Gasteiger partial charge in [-0.1, -0.05) is 11.8 Å². The van der Waals surface area contributed by atoms with Crippen molar-refractivity contribution in [1.82, 2.24) is 4.90 Å². The Kier molecular flexibility index (Phi) is 7.13. The van der Waals surface area contributed by atoms with Gasteiger partial charge in [-0.25, -0.2) is 4.39 Å². The van der Waals surface area contributed by atoms with Crippen LogP contribution < -0.4 is 0 Å². The molecule has 3 nitrogen and oxygen atoms in total. The number of aliphatic hydroxyl groups is 1. The van der Waals surface area contributed by atoms with Crippen molar-refractivity contribution in [2.24, 2.45) is 0 Å². The van der Waals surface area contributed by atoms with E-state index in [9.17, 15) is 9.18 Å². The number of amides is 1. The van der Waals surface area contributed by atoms with E-state index in [-0.39, 0.29) is 18.1 Å². The normalized spacial score (nSPS) is 9.80. The average molecular weight is 295 g/mol. The molecule has 0 heterocycles. The van der Waals surface area contributed by atoms with Crippen LogP contribution in [-0.2, 0) is 0 Å². The molecule has 0 aliphatic heterocycles. The van der Waals surface area contributed by atoms with Crippen molar-refractivity contribution in [1.29, 1.82) is 0 Å². The zero-order chi connectivity index (χ0) is 15.0. The van der Waals surface area contributed by atoms with Gasteiger partial charge >= 0.3 is 0 Å². The van der Waals surface area contributed by atoms with E-state index in [1.54, 1.807) is 18.8 Å². The van der Waals surface area contributed by atoms with E-state index in [4.69, 9.17) is 5.11 Å². The lowest BCUT2D eigenvalue weighted by Gasteiger charge is -2.17. The molecular weight excluding hydrogens is 277 g/mol. The Balaban J connectivity index is 2.91. The lowest BCUT2D eigenvalue weighted by atomic mass is 10.1. The van der Waals surface area contributed by atoms with E-state index < -0.39 is 5.82 Å². The Morgan fingerprint density at radius 2 is 2.25 bits per heavy atom. The number of rotatable bonds is 5. The summed E-state index contributed by atoms with van der Waals surface area (Å²) in [5.41, 5.74) is 0.603. The van der Waals surface area contributed by atoms with Gasteiger partial charge in [-0.3, -0.25) is 4.79 Å². The van der Waals surface area contributed by atoms with E-state index in [0.717, 1.165) is 5.75 Å². The molecule has 0 aromatic heterocycles. The van der Waals surface area contributed by atoms with Crippen molar-refractivity contribution < 1.29 is 14.3 Å². The highest BCUT2D eigenvalue weighted by Crippen LogP contribution is 2.12. The molecule has 1 aromatic carbocycles. The van der Waals surface area contributed by atoms with Gasteiger partial charge in [0.2, 0.25) is 0 Å². The monoisotopic (exact) mass is 295 g/mol. The molecule has 1 amide bonds. The van der Waals surface area contributed by atoms with Crippen LogP contribution in [0, 0.1) is 17.7 Å². The maximum absolute atomic E-state index is 13.8. The average Bonchev–Trinajstić information content (AvgIpc) is 2.46. The Hall–Kier alpha value is -1.51. The maximum Gasteiger partial charge on any atom is 0.256 e. The molecule has 1 aromatic rings. The number of halogens is 1. The quantitative estimate of drug-likeness (QED) is 0.845. The first-order chi connectivity index (χ1) is 9.60. The molecule has 1 rings (SSSR count). The summed E-state index contributed by atoms with van der Waals surface area (Å²) in [7, 11) is 1.65. The molecule has 0 aliphatic rings. The topological polar surface area (TPSA) is 40.5 Å². The van der Waals surface area contributed by atoms with E-state index in [1.165, 1.54) is 23.1 Å². The van der Waals surface area contributed by atoms with Crippen molar-refractivity contribution in [2.45, 2.75) is 6.42 Å². The predicted octanol–water partition coefficient (Wildman–Crippen LogP) is 1.99. The Labute approximate surface area is 123 Å².